The standard InChI is InChI=1S/C34H68N4O2/c1-37(2,3)29-23-17-13-9-7-11-15-19-27-33(39)35-31-25-21-22-26-32(31)36-34(40)28-20-16-12-8-10-14-18-24-30-38(4,5)6/h31-32H,7-30H2,1-6H3/p+2/t31-,32-/m1/s1. The molecule has 2 N–H and O–H groups in total. The van der Waals surface area contributed by atoms with Gasteiger partial charge in [0.2, 0.25) is 11.8 Å². The van der Waals surface area contributed by atoms with Crippen LogP contribution in [0.2, 0.25) is 0 Å². The molecule has 0 aliphatic heterocycles. The molecule has 1 aliphatic carbocycles. The molecule has 40 heavy (non-hydrogen) atoms. The third-order valence-electron chi connectivity index (χ3n) is 8.42. The number of unbranched alkanes of at least 4 members (excludes halogenated alkanes) is 14. The average molecular weight is 567 g/mol. The second-order valence-electron chi connectivity index (χ2n) is 14.8. The summed E-state index contributed by atoms with van der Waals surface area (Å²) in [7, 11) is 13.6. The van der Waals surface area contributed by atoms with Crippen LogP contribution in [0.1, 0.15) is 141 Å². The first-order valence-electron chi connectivity index (χ1n) is 17.2. The zero-order chi connectivity index (χ0) is 29.7. The predicted molar refractivity (Wildman–Crippen MR) is 171 cm³/mol. The maximum atomic E-state index is 12.6. The molecule has 1 aliphatic rings. The minimum atomic E-state index is 0.106. The van der Waals surface area contributed by atoms with Crippen molar-refractivity contribution in [1.82, 2.24) is 10.6 Å². The largest absolute Gasteiger partial charge is 0.351 e. The number of hydrogen-bond donors (Lipinski definition) is 2. The van der Waals surface area contributed by atoms with E-state index in [0.717, 1.165) is 60.3 Å². The van der Waals surface area contributed by atoms with Gasteiger partial charge in [-0.15, -0.1) is 0 Å². The van der Waals surface area contributed by atoms with Gasteiger partial charge in [0, 0.05) is 24.9 Å². The van der Waals surface area contributed by atoms with E-state index in [9.17, 15) is 9.59 Å². The van der Waals surface area contributed by atoms with Gasteiger partial charge in [0.1, 0.15) is 0 Å². The number of nitrogens with zero attached hydrogens (tertiary/aromatic N) is 2. The molecule has 236 valence electrons. The summed E-state index contributed by atoms with van der Waals surface area (Å²) in [5.74, 6) is 0.341. The summed E-state index contributed by atoms with van der Waals surface area (Å²) in [5.41, 5.74) is 0. The third-order valence-corrected chi connectivity index (χ3v) is 8.42. The Morgan fingerprint density at radius 1 is 0.475 bits per heavy atom. The Balaban J connectivity index is 2.06. The monoisotopic (exact) mass is 567 g/mol. The van der Waals surface area contributed by atoms with Crippen LogP contribution in [0.15, 0.2) is 0 Å². The number of amides is 2. The first-order valence-corrected chi connectivity index (χ1v) is 17.2. The minimum absolute atomic E-state index is 0.106. The van der Waals surface area contributed by atoms with Gasteiger partial charge in [0.15, 0.2) is 0 Å². The van der Waals surface area contributed by atoms with Crippen LogP contribution in [0.4, 0.5) is 0 Å². The minimum Gasteiger partial charge on any atom is -0.351 e. The Bertz CT molecular complexity index is 597. The Morgan fingerprint density at radius 3 is 1.05 bits per heavy atom. The average Bonchev–Trinajstić information content (AvgIpc) is 2.86. The van der Waals surface area contributed by atoms with E-state index >= 15 is 0 Å². The van der Waals surface area contributed by atoms with Crippen molar-refractivity contribution >= 4 is 11.8 Å². The molecule has 0 aromatic heterocycles. The zero-order valence-corrected chi connectivity index (χ0v) is 27.8. The Hall–Kier alpha value is -1.14. The molecule has 1 fully saturated rings. The van der Waals surface area contributed by atoms with E-state index in [1.165, 1.54) is 90.1 Å². The van der Waals surface area contributed by atoms with Crippen LogP contribution in [-0.2, 0) is 9.59 Å². The van der Waals surface area contributed by atoms with Gasteiger partial charge < -0.3 is 19.6 Å². The summed E-state index contributed by atoms with van der Waals surface area (Å²) in [6.07, 6.45) is 25.5. The molecule has 0 heterocycles. The molecule has 0 aromatic carbocycles. The van der Waals surface area contributed by atoms with E-state index in [1.807, 2.05) is 0 Å². The quantitative estimate of drug-likeness (QED) is 0.0980. The summed E-state index contributed by atoms with van der Waals surface area (Å²) >= 11 is 0. The van der Waals surface area contributed by atoms with Crippen molar-refractivity contribution in [3.8, 4) is 0 Å². The van der Waals surface area contributed by atoms with Crippen LogP contribution in [0.5, 0.6) is 0 Å². The van der Waals surface area contributed by atoms with Crippen molar-refractivity contribution in [1.29, 1.82) is 0 Å². The molecular formula is C34H70N4O2+2. The second kappa shape index (κ2) is 21.5. The highest BCUT2D eigenvalue weighted by molar-refractivity contribution is 5.77. The topological polar surface area (TPSA) is 58.2 Å². The van der Waals surface area contributed by atoms with Crippen molar-refractivity contribution in [2.24, 2.45) is 0 Å². The van der Waals surface area contributed by atoms with Crippen molar-refractivity contribution in [3.63, 3.8) is 0 Å². The lowest BCUT2D eigenvalue weighted by Crippen LogP contribution is -2.53. The van der Waals surface area contributed by atoms with Gasteiger partial charge >= 0.3 is 0 Å². The maximum Gasteiger partial charge on any atom is 0.220 e. The molecule has 0 aromatic rings. The third kappa shape index (κ3) is 22.5. The first kappa shape index (κ1) is 36.9. The molecule has 0 spiro atoms. The summed E-state index contributed by atoms with van der Waals surface area (Å²) < 4.78 is 2.13. The molecule has 0 radical (unpaired) electrons. The van der Waals surface area contributed by atoms with Crippen LogP contribution in [0, 0.1) is 0 Å². The molecule has 0 saturated heterocycles. The number of carbonyl (C=O) groups excluding carboxylic acids is 2. The van der Waals surface area contributed by atoms with Gasteiger partial charge in [0.05, 0.1) is 55.4 Å². The van der Waals surface area contributed by atoms with Gasteiger partial charge in [-0.1, -0.05) is 77.0 Å². The summed E-state index contributed by atoms with van der Waals surface area (Å²) in [5, 5.41) is 6.54. The SMILES string of the molecule is C[N+](C)(C)CCCCCCCCCCC(=O)N[C@@H]1CCCC[C@H]1NC(=O)CCCCCCCCCC[N+](C)(C)C. The summed E-state index contributed by atoms with van der Waals surface area (Å²) in [6, 6.07) is 0.211. The zero-order valence-electron chi connectivity index (χ0n) is 27.8. The van der Waals surface area contributed by atoms with Crippen LogP contribution in [-0.4, -0.2) is 88.2 Å². The summed E-state index contributed by atoms with van der Waals surface area (Å²) in [4.78, 5) is 25.2. The van der Waals surface area contributed by atoms with E-state index in [-0.39, 0.29) is 23.9 Å². The highest BCUT2D eigenvalue weighted by atomic mass is 16.2. The van der Waals surface area contributed by atoms with E-state index < -0.39 is 0 Å². The Morgan fingerprint density at radius 2 is 0.750 bits per heavy atom. The summed E-state index contributed by atoms with van der Waals surface area (Å²) in [6.45, 7) is 2.53. The van der Waals surface area contributed by atoms with E-state index in [2.05, 4.69) is 52.9 Å². The van der Waals surface area contributed by atoms with Crippen molar-refractivity contribution in [2.45, 2.75) is 153 Å². The van der Waals surface area contributed by atoms with Crippen LogP contribution in [0.3, 0.4) is 0 Å². The Kier molecular flexibility index (Phi) is 19.9. The molecule has 0 unspecified atom stereocenters. The number of hydrogen-bond acceptors (Lipinski definition) is 2. The van der Waals surface area contributed by atoms with Crippen molar-refractivity contribution < 1.29 is 18.6 Å². The molecule has 1 rings (SSSR count). The van der Waals surface area contributed by atoms with E-state index in [4.69, 9.17) is 0 Å². The van der Waals surface area contributed by atoms with Crippen LogP contribution >= 0.6 is 0 Å². The van der Waals surface area contributed by atoms with Gasteiger partial charge in [0.25, 0.3) is 0 Å². The normalized spacial score (nSPS) is 18.1. The fraction of sp³-hybridized carbons (Fsp3) is 0.941. The fourth-order valence-electron chi connectivity index (χ4n) is 5.90. The van der Waals surface area contributed by atoms with Crippen molar-refractivity contribution in [3.05, 3.63) is 0 Å². The molecule has 6 nitrogen and oxygen atoms in total. The Labute approximate surface area is 249 Å². The number of rotatable bonds is 24. The van der Waals surface area contributed by atoms with Gasteiger partial charge in [-0.2, -0.15) is 0 Å². The molecular weight excluding hydrogens is 496 g/mol. The molecule has 2 amide bonds. The van der Waals surface area contributed by atoms with Crippen LogP contribution in [0.25, 0.3) is 0 Å². The lowest BCUT2D eigenvalue weighted by Gasteiger charge is -2.33. The van der Waals surface area contributed by atoms with Gasteiger partial charge in [-0.3, -0.25) is 9.59 Å². The van der Waals surface area contributed by atoms with Crippen molar-refractivity contribution in [2.75, 3.05) is 55.4 Å². The molecule has 0 bridgehead atoms. The van der Waals surface area contributed by atoms with Gasteiger partial charge in [-0.25, -0.2) is 0 Å². The lowest BCUT2D eigenvalue weighted by atomic mass is 9.90. The van der Waals surface area contributed by atoms with E-state index in [0.29, 0.717) is 12.8 Å². The molecule has 1 saturated carbocycles. The van der Waals surface area contributed by atoms with Gasteiger partial charge in [-0.05, 0) is 51.4 Å². The number of carbonyl (C=O) groups is 2. The second-order valence-corrected chi connectivity index (χ2v) is 14.8. The highest BCUT2D eigenvalue weighted by Crippen LogP contribution is 2.20. The molecule has 2 atom stereocenters. The highest BCUT2D eigenvalue weighted by Gasteiger charge is 2.27. The van der Waals surface area contributed by atoms with E-state index in [1.54, 1.807) is 0 Å². The first-order chi connectivity index (χ1) is 19.0. The lowest BCUT2D eigenvalue weighted by molar-refractivity contribution is -0.870. The smallest absolute Gasteiger partial charge is 0.220 e. The number of quaternary nitrogens is 2. The molecule has 6 heteroatoms. The van der Waals surface area contributed by atoms with Crippen LogP contribution < -0.4 is 10.6 Å². The predicted octanol–water partition coefficient (Wildman–Crippen LogP) is 6.96. The fourth-order valence-corrected chi connectivity index (χ4v) is 5.90. The number of nitrogens with one attached hydrogen (secondary N) is 2. The maximum absolute atomic E-state index is 12.6.